The molecule has 6 heteroatoms. The quantitative estimate of drug-likeness (QED) is 0.392. The molecule has 0 aromatic heterocycles. The summed E-state index contributed by atoms with van der Waals surface area (Å²) in [6.07, 6.45) is 0. The fourth-order valence-corrected chi connectivity index (χ4v) is 2.19. The second kappa shape index (κ2) is 6.10. The van der Waals surface area contributed by atoms with E-state index < -0.39 is 0 Å². The van der Waals surface area contributed by atoms with Crippen LogP contribution in [0.25, 0.3) is 0 Å². The summed E-state index contributed by atoms with van der Waals surface area (Å²) in [5.74, 6) is 1.20. The minimum absolute atomic E-state index is 0.442. The summed E-state index contributed by atoms with van der Waals surface area (Å²) in [7, 11) is 3.12. The van der Waals surface area contributed by atoms with Crippen LogP contribution in [0.2, 0.25) is 0 Å². The fourth-order valence-electron chi connectivity index (χ4n) is 1.23. The van der Waals surface area contributed by atoms with E-state index in [-0.39, 0.29) is 0 Å². The Balaban J connectivity index is 3.31. The molecule has 0 unspecified atom stereocenters. The van der Waals surface area contributed by atoms with Crippen molar-refractivity contribution in [3.05, 3.63) is 22.2 Å². The van der Waals surface area contributed by atoms with Crippen LogP contribution in [0.3, 0.4) is 0 Å². The number of halogens is 2. The molecule has 0 aliphatic carbocycles. The molecule has 16 heavy (non-hydrogen) atoms. The smallest absolute Gasteiger partial charge is 0.161 e. The first-order valence-corrected chi connectivity index (χ1v) is 6.28. The Labute approximate surface area is 110 Å². The molecule has 0 radical (unpaired) electrons. The van der Waals surface area contributed by atoms with Crippen molar-refractivity contribution in [3.63, 3.8) is 0 Å². The molecule has 0 bridgehead atoms. The van der Waals surface area contributed by atoms with Crippen molar-refractivity contribution in [2.45, 2.75) is 0 Å². The SMILES string of the molecule is COc1cc(Br)c(/C(CBr)=N\O)cc1OC. The first-order chi connectivity index (χ1) is 7.67. The van der Waals surface area contributed by atoms with Crippen LogP contribution >= 0.6 is 31.9 Å². The maximum Gasteiger partial charge on any atom is 0.161 e. The summed E-state index contributed by atoms with van der Waals surface area (Å²) >= 11 is 6.63. The van der Waals surface area contributed by atoms with E-state index in [0.29, 0.717) is 22.5 Å². The first kappa shape index (κ1) is 13.3. The third-order valence-electron chi connectivity index (χ3n) is 2.03. The number of alkyl halides is 1. The Morgan fingerprint density at radius 3 is 2.31 bits per heavy atom. The third-order valence-corrected chi connectivity index (χ3v) is 3.22. The van der Waals surface area contributed by atoms with Gasteiger partial charge in [-0.15, -0.1) is 0 Å². The third kappa shape index (κ3) is 2.68. The van der Waals surface area contributed by atoms with Gasteiger partial charge in [-0.05, 0) is 28.1 Å². The van der Waals surface area contributed by atoms with Crippen LogP contribution < -0.4 is 9.47 Å². The molecule has 1 rings (SSSR count). The second-order valence-corrected chi connectivity index (χ2v) is 4.28. The van der Waals surface area contributed by atoms with Gasteiger partial charge in [0, 0.05) is 15.4 Å². The monoisotopic (exact) mass is 351 g/mol. The Morgan fingerprint density at radius 2 is 1.88 bits per heavy atom. The van der Waals surface area contributed by atoms with Gasteiger partial charge in [0.25, 0.3) is 0 Å². The van der Waals surface area contributed by atoms with Crippen LogP contribution in [0, 0.1) is 0 Å². The molecule has 0 aliphatic rings. The molecule has 0 amide bonds. The van der Waals surface area contributed by atoms with Gasteiger partial charge in [0.15, 0.2) is 11.5 Å². The first-order valence-electron chi connectivity index (χ1n) is 4.36. The molecule has 0 spiro atoms. The molecule has 88 valence electrons. The zero-order valence-corrected chi connectivity index (χ0v) is 12.0. The van der Waals surface area contributed by atoms with E-state index in [0.717, 1.165) is 10.0 Å². The van der Waals surface area contributed by atoms with E-state index in [2.05, 4.69) is 37.0 Å². The van der Waals surface area contributed by atoms with Crippen molar-refractivity contribution >= 4 is 37.6 Å². The normalized spacial score (nSPS) is 11.4. The number of hydrogen-bond acceptors (Lipinski definition) is 4. The molecule has 0 aliphatic heterocycles. The molecule has 0 saturated heterocycles. The molecule has 0 heterocycles. The predicted molar refractivity (Wildman–Crippen MR) is 69.4 cm³/mol. The lowest BCUT2D eigenvalue weighted by atomic mass is 10.1. The number of hydrogen-bond donors (Lipinski definition) is 1. The summed E-state index contributed by atoms with van der Waals surface area (Å²) in [6, 6.07) is 3.52. The summed E-state index contributed by atoms with van der Waals surface area (Å²) < 4.78 is 11.1. The zero-order chi connectivity index (χ0) is 12.1. The topological polar surface area (TPSA) is 51.0 Å². The summed E-state index contributed by atoms with van der Waals surface area (Å²) in [4.78, 5) is 0. The number of rotatable bonds is 4. The molecule has 4 nitrogen and oxygen atoms in total. The van der Waals surface area contributed by atoms with Gasteiger partial charge in [-0.1, -0.05) is 21.1 Å². The van der Waals surface area contributed by atoms with Crippen LogP contribution in [-0.4, -0.2) is 30.5 Å². The predicted octanol–water partition coefficient (Wildman–Crippen LogP) is 3.04. The van der Waals surface area contributed by atoms with Crippen LogP contribution in [-0.2, 0) is 0 Å². The number of nitrogens with zero attached hydrogens (tertiary/aromatic N) is 1. The highest BCUT2D eigenvalue weighted by molar-refractivity contribution is 9.10. The lowest BCUT2D eigenvalue weighted by Gasteiger charge is -2.11. The van der Waals surface area contributed by atoms with Crippen LogP contribution in [0.4, 0.5) is 0 Å². The second-order valence-electron chi connectivity index (χ2n) is 2.87. The Hall–Kier alpha value is -0.750. The van der Waals surface area contributed by atoms with Gasteiger partial charge in [0.05, 0.1) is 19.9 Å². The van der Waals surface area contributed by atoms with Crippen molar-refractivity contribution < 1.29 is 14.7 Å². The van der Waals surface area contributed by atoms with Crippen molar-refractivity contribution in [2.24, 2.45) is 5.16 Å². The molecular weight excluding hydrogens is 342 g/mol. The standard InChI is InChI=1S/C10H11Br2NO3/c1-15-9-3-6(8(5-11)13-14)7(12)4-10(9)16-2/h3-4,14H,5H2,1-2H3/b13-8-. The van der Waals surface area contributed by atoms with Crippen molar-refractivity contribution in [2.75, 3.05) is 19.5 Å². The van der Waals surface area contributed by atoms with E-state index in [1.54, 1.807) is 26.4 Å². The van der Waals surface area contributed by atoms with Crippen LogP contribution in [0.1, 0.15) is 5.56 Å². The van der Waals surface area contributed by atoms with Crippen molar-refractivity contribution in [1.29, 1.82) is 0 Å². The molecule has 0 atom stereocenters. The minimum atomic E-state index is 0.442. The number of benzene rings is 1. The highest BCUT2D eigenvalue weighted by Crippen LogP contribution is 2.33. The van der Waals surface area contributed by atoms with E-state index >= 15 is 0 Å². The largest absolute Gasteiger partial charge is 0.493 e. The highest BCUT2D eigenvalue weighted by atomic mass is 79.9. The average molecular weight is 353 g/mol. The van der Waals surface area contributed by atoms with E-state index in [9.17, 15) is 0 Å². The molecule has 1 aromatic carbocycles. The number of methoxy groups -OCH3 is 2. The molecular formula is C10H11Br2NO3. The molecule has 1 N–H and O–H groups in total. The minimum Gasteiger partial charge on any atom is -0.493 e. The maximum atomic E-state index is 8.86. The van der Waals surface area contributed by atoms with Crippen LogP contribution in [0.15, 0.2) is 21.8 Å². The highest BCUT2D eigenvalue weighted by Gasteiger charge is 2.13. The summed E-state index contributed by atoms with van der Waals surface area (Å²) in [5, 5.41) is 12.5. The van der Waals surface area contributed by atoms with E-state index in [1.807, 2.05) is 0 Å². The van der Waals surface area contributed by atoms with Gasteiger partial charge in [-0.25, -0.2) is 0 Å². The average Bonchev–Trinajstić information content (AvgIpc) is 2.32. The summed E-state index contributed by atoms with van der Waals surface area (Å²) in [6.45, 7) is 0. The number of oxime groups is 1. The maximum absolute atomic E-state index is 8.86. The zero-order valence-electron chi connectivity index (χ0n) is 8.83. The molecule has 0 fully saturated rings. The van der Waals surface area contributed by atoms with E-state index in [4.69, 9.17) is 14.7 Å². The molecule has 1 aromatic rings. The summed E-state index contributed by atoms with van der Waals surface area (Å²) in [5.41, 5.74) is 1.25. The number of ether oxygens (including phenoxy) is 2. The Bertz CT molecular complexity index is 407. The molecule has 0 saturated carbocycles. The van der Waals surface area contributed by atoms with Gasteiger partial charge in [0.1, 0.15) is 0 Å². The van der Waals surface area contributed by atoms with Crippen molar-refractivity contribution in [3.8, 4) is 11.5 Å². The lowest BCUT2D eigenvalue weighted by molar-refractivity contribution is 0.319. The van der Waals surface area contributed by atoms with Crippen LogP contribution in [0.5, 0.6) is 11.5 Å². The van der Waals surface area contributed by atoms with Gasteiger partial charge >= 0.3 is 0 Å². The lowest BCUT2D eigenvalue weighted by Crippen LogP contribution is -2.04. The van der Waals surface area contributed by atoms with E-state index in [1.165, 1.54) is 0 Å². The van der Waals surface area contributed by atoms with Gasteiger partial charge in [-0.3, -0.25) is 0 Å². The fraction of sp³-hybridized carbons (Fsp3) is 0.300. The van der Waals surface area contributed by atoms with Crippen molar-refractivity contribution in [1.82, 2.24) is 0 Å². The van der Waals surface area contributed by atoms with Gasteiger partial charge < -0.3 is 14.7 Å². The van der Waals surface area contributed by atoms with Gasteiger partial charge in [0.2, 0.25) is 0 Å². The Morgan fingerprint density at radius 1 is 1.31 bits per heavy atom. The van der Waals surface area contributed by atoms with Gasteiger partial charge in [-0.2, -0.15) is 0 Å². The Kier molecular flexibility index (Phi) is 5.08.